The highest BCUT2D eigenvalue weighted by Crippen LogP contribution is 2.30. The van der Waals surface area contributed by atoms with Crippen molar-refractivity contribution >= 4 is 11.0 Å². The molecule has 0 bridgehead atoms. The van der Waals surface area contributed by atoms with Crippen LogP contribution >= 0.6 is 0 Å². The van der Waals surface area contributed by atoms with E-state index in [0.29, 0.717) is 0 Å². The first-order chi connectivity index (χ1) is 9.36. The number of furan rings is 1. The lowest BCUT2D eigenvalue weighted by molar-refractivity contribution is 0.316. The molecule has 3 nitrogen and oxygen atoms in total. The highest BCUT2D eigenvalue weighted by molar-refractivity contribution is 5.86. The molecular formula is C16H23NO2. The lowest BCUT2D eigenvalue weighted by Crippen LogP contribution is -2.17. The van der Waals surface area contributed by atoms with Gasteiger partial charge in [-0.3, -0.25) is 0 Å². The van der Waals surface area contributed by atoms with Crippen molar-refractivity contribution in [2.45, 2.75) is 33.1 Å². The molecule has 0 radical (unpaired) electrons. The first-order valence-corrected chi connectivity index (χ1v) is 7.19. The second kappa shape index (κ2) is 7.19. The summed E-state index contributed by atoms with van der Waals surface area (Å²) in [6.45, 7) is 7.07. The lowest BCUT2D eigenvalue weighted by Gasteiger charge is -2.05. The molecule has 1 N–H and O–H groups in total. The van der Waals surface area contributed by atoms with Gasteiger partial charge in [-0.15, -0.1) is 0 Å². The third kappa shape index (κ3) is 3.51. The van der Waals surface area contributed by atoms with Gasteiger partial charge in [-0.1, -0.05) is 26.0 Å². The maximum absolute atomic E-state index is 5.72. The van der Waals surface area contributed by atoms with Crippen LogP contribution in [0.1, 0.15) is 32.3 Å². The second-order valence-corrected chi connectivity index (χ2v) is 4.74. The van der Waals surface area contributed by atoms with E-state index >= 15 is 0 Å². The number of nitrogens with one attached hydrogen (secondary N) is 1. The van der Waals surface area contributed by atoms with Gasteiger partial charge in [0, 0.05) is 5.39 Å². The van der Waals surface area contributed by atoms with E-state index in [-0.39, 0.29) is 0 Å². The minimum Gasteiger partial charge on any atom is -0.490 e. The topological polar surface area (TPSA) is 34.4 Å². The number of para-hydroxylation sites is 1. The molecule has 0 saturated heterocycles. The van der Waals surface area contributed by atoms with Gasteiger partial charge >= 0.3 is 0 Å². The van der Waals surface area contributed by atoms with Crippen LogP contribution < -0.4 is 10.1 Å². The summed E-state index contributed by atoms with van der Waals surface area (Å²) in [7, 11) is 0. The zero-order chi connectivity index (χ0) is 13.5. The summed E-state index contributed by atoms with van der Waals surface area (Å²) >= 11 is 0. The van der Waals surface area contributed by atoms with Gasteiger partial charge in [0.2, 0.25) is 0 Å². The van der Waals surface area contributed by atoms with Crippen LogP contribution in [0, 0.1) is 0 Å². The van der Waals surface area contributed by atoms with Gasteiger partial charge in [0.25, 0.3) is 0 Å². The molecule has 0 fully saturated rings. The predicted molar refractivity (Wildman–Crippen MR) is 78.9 cm³/mol. The van der Waals surface area contributed by atoms with Gasteiger partial charge in [-0.25, -0.2) is 0 Å². The van der Waals surface area contributed by atoms with Gasteiger partial charge in [-0.2, -0.15) is 0 Å². The molecule has 0 saturated carbocycles. The molecule has 0 aliphatic rings. The van der Waals surface area contributed by atoms with Gasteiger partial charge < -0.3 is 14.5 Å². The summed E-state index contributed by atoms with van der Waals surface area (Å²) in [5, 5.41) is 4.59. The minimum absolute atomic E-state index is 0.729. The van der Waals surface area contributed by atoms with Gasteiger partial charge in [0.1, 0.15) is 0 Å². The van der Waals surface area contributed by atoms with Crippen molar-refractivity contribution in [2.24, 2.45) is 0 Å². The Morgan fingerprint density at radius 2 is 2.05 bits per heavy atom. The summed E-state index contributed by atoms with van der Waals surface area (Å²) < 4.78 is 11.4. The number of fused-ring (bicyclic) bond motifs is 1. The van der Waals surface area contributed by atoms with Crippen LogP contribution in [-0.2, 0) is 6.42 Å². The molecule has 3 heteroatoms. The van der Waals surface area contributed by atoms with Crippen molar-refractivity contribution in [1.29, 1.82) is 0 Å². The number of hydrogen-bond acceptors (Lipinski definition) is 3. The van der Waals surface area contributed by atoms with E-state index in [1.807, 2.05) is 18.4 Å². The Morgan fingerprint density at radius 3 is 2.84 bits per heavy atom. The molecule has 0 unspecified atom stereocenters. The van der Waals surface area contributed by atoms with Gasteiger partial charge in [0.15, 0.2) is 11.3 Å². The molecule has 1 aromatic heterocycles. The molecule has 0 spiro atoms. The molecule has 1 heterocycles. The summed E-state index contributed by atoms with van der Waals surface area (Å²) in [6, 6.07) is 6.11. The van der Waals surface area contributed by atoms with Crippen LogP contribution in [0.15, 0.2) is 28.9 Å². The predicted octanol–water partition coefficient (Wildman–Crippen LogP) is 3.76. The second-order valence-electron chi connectivity index (χ2n) is 4.74. The molecule has 0 aliphatic heterocycles. The average Bonchev–Trinajstić information content (AvgIpc) is 2.85. The Kier molecular flexibility index (Phi) is 5.28. The Balaban J connectivity index is 2.09. The fourth-order valence-electron chi connectivity index (χ4n) is 2.13. The molecule has 2 rings (SSSR count). The van der Waals surface area contributed by atoms with Crippen LogP contribution in [-0.4, -0.2) is 19.7 Å². The summed E-state index contributed by atoms with van der Waals surface area (Å²) in [5.74, 6) is 0.854. The van der Waals surface area contributed by atoms with Crippen molar-refractivity contribution < 1.29 is 9.15 Å². The third-order valence-electron chi connectivity index (χ3n) is 3.10. The lowest BCUT2D eigenvalue weighted by atomic mass is 10.1. The molecule has 1 aromatic carbocycles. The van der Waals surface area contributed by atoms with E-state index in [2.05, 4.69) is 25.2 Å². The van der Waals surface area contributed by atoms with E-state index < -0.39 is 0 Å². The minimum atomic E-state index is 0.729. The van der Waals surface area contributed by atoms with Crippen LogP contribution in [0.3, 0.4) is 0 Å². The maximum atomic E-state index is 5.72. The van der Waals surface area contributed by atoms with Crippen LogP contribution in [0.5, 0.6) is 5.75 Å². The largest absolute Gasteiger partial charge is 0.490 e. The molecule has 104 valence electrons. The maximum Gasteiger partial charge on any atom is 0.175 e. The fraction of sp³-hybridized carbons (Fsp3) is 0.500. The van der Waals surface area contributed by atoms with Crippen LogP contribution in [0.2, 0.25) is 0 Å². The number of hydrogen-bond donors (Lipinski definition) is 1. The van der Waals surface area contributed by atoms with E-state index in [0.717, 1.165) is 43.9 Å². The third-order valence-corrected chi connectivity index (χ3v) is 3.10. The fourth-order valence-corrected chi connectivity index (χ4v) is 2.13. The molecular weight excluding hydrogens is 238 g/mol. The Bertz CT molecular complexity index is 504. The van der Waals surface area contributed by atoms with E-state index in [1.165, 1.54) is 17.4 Å². The normalized spacial score (nSPS) is 11.1. The van der Waals surface area contributed by atoms with Crippen LogP contribution in [0.25, 0.3) is 11.0 Å². The smallest absolute Gasteiger partial charge is 0.175 e. The van der Waals surface area contributed by atoms with Crippen molar-refractivity contribution in [1.82, 2.24) is 5.32 Å². The Labute approximate surface area is 114 Å². The molecule has 2 aromatic rings. The van der Waals surface area contributed by atoms with Gasteiger partial charge in [0.05, 0.1) is 12.9 Å². The highest BCUT2D eigenvalue weighted by Gasteiger charge is 2.10. The standard InChI is InChI=1S/C16H23NO2/c1-3-9-17-10-8-13-12-19-16-14(13)6-5-7-15(16)18-11-4-2/h5-7,12,17H,3-4,8-11H2,1-2H3. The van der Waals surface area contributed by atoms with E-state index in [9.17, 15) is 0 Å². The molecule has 0 amide bonds. The summed E-state index contributed by atoms with van der Waals surface area (Å²) in [6.07, 6.45) is 5.02. The number of ether oxygens (including phenoxy) is 1. The van der Waals surface area contributed by atoms with Crippen molar-refractivity contribution in [2.75, 3.05) is 19.7 Å². The van der Waals surface area contributed by atoms with E-state index in [4.69, 9.17) is 9.15 Å². The van der Waals surface area contributed by atoms with Gasteiger partial charge in [-0.05, 0) is 44.0 Å². The molecule has 0 aliphatic carbocycles. The SMILES string of the molecule is CCCNCCc1coc2c(OCCC)cccc12. The van der Waals surface area contributed by atoms with Crippen molar-refractivity contribution in [3.63, 3.8) is 0 Å². The first-order valence-electron chi connectivity index (χ1n) is 7.19. The van der Waals surface area contributed by atoms with Crippen LogP contribution in [0.4, 0.5) is 0 Å². The highest BCUT2D eigenvalue weighted by atomic mass is 16.5. The zero-order valence-corrected chi connectivity index (χ0v) is 11.9. The number of rotatable bonds is 8. The molecule has 19 heavy (non-hydrogen) atoms. The van der Waals surface area contributed by atoms with Crippen molar-refractivity contribution in [3.05, 3.63) is 30.0 Å². The monoisotopic (exact) mass is 261 g/mol. The summed E-state index contributed by atoms with van der Waals surface area (Å²) in [4.78, 5) is 0. The Hall–Kier alpha value is -1.48. The van der Waals surface area contributed by atoms with E-state index in [1.54, 1.807) is 0 Å². The average molecular weight is 261 g/mol. The Morgan fingerprint density at radius 1 is 1.16 bits per heavy atom. The van der Waals surface area contributed by atoms with Crippen molar-refractivity contribution in [3.8, 4) is 5.75 Å². The first kappa shape index (κ1) is 13.9. The summed E-state index contributed by atoms with van der Waals surface area (Å²) in [5.41, 5.74) is 2.13. The quantitative estimate of drug-likeness (QED) is 0.735. The zero-order valence-electron chi connectivity index (χ0n) is 11.9. The molecule has 0 atom stereocenters. The number of benzene rings is 1.